The molecule has 0 fully saturated rings. The topological polar surface area (TPSA) is 102 Å². The fourth-order valence-corrected chi connectivity index (χ4v) is 3.78. The summed E-state index contributed by atoms with van der Waals surface area (Å²) >= 11 is 1.25. The number of carbonyl (C=O) groups is 1. The van der Waals surface area contributed by atoms with Gasteiger partial charge in [-0.05, 0) is 36.4 Å². The largest absolute Gasteiger partial charge is 0.507 e. The number of aromatic nitrogens is 3. The van der Waals surface area contributed by atoms with Crippen molar-refractivity contribution in [3.63, 3.8) is 0 Å². The van der Waals surface area contributed by atoms with E-state index < -0.39 is 0 Å². The van der Waals surface area contributed by atoms with E-state index in [2.05, 4.69) is 20.7 Å². The summed E-state index contributed by atoms with van der Waals surface area (Å²) in [6.07, 6.45) is 1.39. The second-order valence-electron chi connectivity index (χ2n) is 6.85. The molecule has 33 heavy (non-hydrogen) atoms. The standard InChI is InChI=1S/C24H21N5O3S/c1-32-20-13-11-19(12-14-20)29-23(17-7-3-2-4-8-17)27-28-24(29)33-16-22(31)26-25-15-18-9-5-6-10-21(18)30/h2-15,30H,16H2,1H3,(H,26,31). The van der Waals surface area contributed by atoms with Gasteiger partial charge in [0.2, 0.25) is 0 Å². The van der Waals surface area contributed by atoms with E-state index in [9.17, 15) is 9.90 Å². The van der Waals surface area contributed by atoms with Crippen LogP contribution in [0, 0.1) is 0 Å². The summed E-state index contributed by atoms with van der Waals surface area (Å²) in [4.78, 5) is 12.3. The van der Waals surface area contributed by atoms with Crippen molar-refractivity contribution in [1.29, 1.82) is 0 Å². The third-order valence-electron chi connectivity index (χ3n) is 4.66. The Balaban J connectivity index is 1.51. The van der Waals surface area contributed by atoms with Crippen LogP contribution in [-0.2, 0) is 4.79 Å². The molecule has 0 radical (unpaired) electrons. The smallest absolute Gasteiger partial charge is 0.250 e. The maximum absolute atomic E-state index is 12.3. The van der Waals surface area contributed by atoms with Crippen molar-refractivity contribution in [2.75, 3.05) is 12.9 Å². The predicted octanol–water partition coefficient (Wildman–Crippen LogP) is 3.89. The lowest BCUT2D eigenvalue weighted by molar-refractivity contribution is -0.118. The van der Waals surface area contributed by atoms with Crippen molar-refractivity contribution in [3.05, 3.63) is 84.4 Å². The van der Waals surface area contributed by atoms with Gasteiger partial charge < -0.3 is 9.84 Å². The zero-order valence-corrected chi connectivity index (χ0v) is 18.6. The van der Waals surface area contributed by atoms with E-state index in [4.69, 9.17) is 4.74 Å². The molecule has 0 saturated heterocycles. The summed E-state index contributed by atoms with van der Waals surface area (Å²) in [7, 11) is 1.62. The molecule has 1 aromatic heterocycles. The van der Waals surface area contributed by atoms with Gasteiger partial charge in [-0.25, -0.2) is 5.43 Å². The van der Waals surface area contributed by atoms with E-state index in [1.807, 2.05) is 59.2 Å². The number of phenolic OH excluding ortho intramolecular Hbond substituents is 1. The minimum absolute atomic E-state index is 0.0845. The molecule has 4 aromatic rings. The van der Waals surface area contributed by atoms with E-state index >= 15 is 0 Å². The number of ether oxygens (including phenoxy) is 1. The highest BCUT2D eigenvalue weighted by Crippen LogP contribution is 2.28. The number of benzene rings is 3. The molecule has 9 heteroatoms. The minimum atomic E-state index is -0.308. The van der Waals surface area contributed by atoms with Crippen molar-refractivity contribution in [3.8, 4) is 28.6 Å². The minimum Gasteiger partial charge on any atom is -0.507 e. The Bertz CT molecular complexity index is 1260. The summed E-state index contributed by atoms with van der Waals surface area (Å²) in [6.45, 7) is 0. The van der Waals surface area contributed by atoms with Gasteiger partial charge in [-0.2, -0.15) is 5.10 Å². The molecule has 2 N–H and O–H groups in total. The van der Waals surface area contributed by atoms with Gasteiger partial charge in [0.1, 0.15) is 11.5 Å². The number of methoxy groups -OCH3 is 1. The van der Waals surface area contributed by atoms with Crippen LogP contribution in [0.15, 0.2) is 89.1 Å². The van der Waals surface area contributed by atoms with Crippen molar-refractivity contribution in [1.82, 2.24) is 20.2 Å². The summed E-state index contributed by atoms with van der Waals surface area (Å²) in [5.41, 5.74) is 4.73. The molecule has 1 heterocycles. The Morgan fingerprint density at radius 1 is 1.06 bits per heavy atom. The van der Waals surface area contributed by atoms with Crippen molar-refractivity contribution >= 4 is 23.9 Å². The summed E-state index contributed by atoms with van der Waals surface area (Å²) in [5.74, 6) is 1.27. The lowest BCUT2D eigenvalue weighted by atomic mass is 10.2. The third-order valence-corrected chi connectivity index (χ3v) is 5.59. The molecule has 4 rings (SSSR count). The Labute approximate surface area is 194 Å². The van der Waals surface area contributed by atoms with Gasteiger partial charge in [-0.1, -0.05) is 54.2 Å². The number of nitrogens with zero attached hydrogens (tertiary/aromatic N) is 4. The van der Waals surface area contributed by atoms with Crippen LogP contribution in [0.2, 0.25) is 0 Å². The van der Waals surface area contributed by atoms with Crippen molar-refractivity contribution < 1.29 is 14.6 Å². The third kappa shape index (κ3) is 5.39. The first-order valence-electron chi connectivity index (χ1n) is 10.0. The molecule has 166 valence electrons. The maximum atomic E-state index is 12.3. The summed E-state index contributed by atoms with van der Waals surface area (Å²) in [6, 6.07) is 24.0. The first kappa shape index (κ1) is 22.1. The molecule has 0 saturated carbocycles. The zero-order valence-electron chi connectivity index (χ0n) is 17.8. The average Bonchev–Trinajstić information content (AvgIpc) is 3.28. The van der Waals surface area contributed by atoms with Crippen LogP contribution in [0.5, 0.6) is 11.5 Å². The number of phenols is 1. The highest BCUT2D eigenvalue weighted by Gasteiger charge is 2.17. The number of rotatable bonds is 8. The summed E-state index contributed by atoms with van der Waals surface area (Å²) in [5, 5.41) is 22.9. The first-order valence-corrected chi connectivity index (χ1v) is 11.0. The van der Waals surface area contributed by atoms with Gasteiger partial charge in [0.25, 0.3) is 5.91 Å². The highest BCUT2D eigenvalue weighted by molar-refractivity contribution is 7.99. The first-order chi connectivity index (χ1) is 16.2. The van der Waals surface area contributed by atoms with Crippen LogP contribution in [0.4, 0.5) is 0 Å². The van der Waals surface area contributed by atoms with Gasteiger partial charge in [0.05, 0.1) is 19.1 Å². The second-order valence-corrected chi connectivity index (χ2v) is 7.79. The van der Waals surface area contributed by atoms with Crippen molar-refractivity contribution in [2.24, 2.45) is 5.10 Å². The number of aromatic hydroxyl groups is 1. The van der Waals surface area contributed by atoms with E-state index in [0.29, 0.717) is 16.5 Å². The van der Waals surface area contributed by atoms with Crippen LogP contribution in [0.1, 0.15) is 5.56 Å². The second kappa shape index (κ2) is 10.5. The van der Waals surface area contributed by atoms with E-state index in [1.54, 1.807) is 31.4 Å². The van der Waals surface area contributed by atoms with Crippen molar-refractivity contribution in [2.45, 2.75) is 5.16 Å². The number of hydrazone groups is 1. The molecular weight excluding hydrogens is 438 g/mol. The van der Waals surface area contributed by atoms with Crippen LogP contribution in [0.3, 0.4) is 0 Å². The Hall–Kier alpha value is -4.11. The summed E-state index contributed by atoms with van der Waals surface area (Å²) < 4.78 is 7.16. The Morgan fingerprint density at radius 2 is 1.79 bits per heavy atom. The Kier molecular flexibility index (Phi) is 7.01. The number of hydrogen-bond acceptors (Lipinski definition) is 7. The van der Waals surface area contributed by atoms with Gasteiger partial charge in [0, 0.05) is 16.8 Å². The molecule has 0 bridgehead atoms. The molecular formula is C24H21N5O3S. The van der Waals surface area contributed by atoms with Crippen LogP contribution in [0.25, 0.3) is 17.1 Å². The molecule has 3 aromatic carbocycles. The van der Waals surface area contributed by atoms with Gasteiger partial charge in [-0.15, -0.1) is 10.2 Å². The van der Waals surface area contributed by atoms with Gasteiger partial charge >= 0.3 is 0 Å². The molecule has 0 spiro atoms. The number of thioether (sulfide) groups is 1. The lowest BCUT2D eigenvalue weighted by Crippen LogP contribution is -2.20. The fourth-order valence-electron chi connectivity index (χ4n) is 3.03. The normalized spacial score (nSPS) is 10.9. The molecule has 1 amide bonds. The zero-order chi connectivity index (χ0) is 23.0. The predicted molar refractivity (Wildman–Crippen MR) is 128 cm³/mol. The number of nitrogens with one attached hydrogen (secondary N) is 1. The highest BCUT2D eigenvalue weighted by atomic mass is 32.2. The number of amides is 1. The molecule has 0 unspecified atom stereocenters. The SMILES string of the molecule is COc1ccc(-n2c(SCC(=O)NN=Cc3ccccc3O)nnc2-c2ccccc2)cc1. The molecule has 0 aliphatic heterocycles. The maximum Gasteiger partial charge on any atom is 0.250 e. The van der Waals surface area contributed by atoms with Crippen LogP contribution in [-0.4, -0.2) is 44.9 Å². The molecule has 0 atom stereocenters. The number of carbonyl (C=O) groups excluding carboxylic acids is 1. The monoisotopic (exact) mass is 459 g/mol. The molecule has 0 aliphatic carbocycles. The number of para-hydroxylation sites is 1. The van der Waals surface area contributed by atoms with Gasteiger partial charge in [0.15, 0.2) is 11.0 Å². The number of hydrogen-bond donors (Lipinski definition) is 2. The quantitative estimate of drug-likeness (QED) is 0.235. The Morgan fingerprint density at radius 3 is 2.52 bits per heavy atom. The van der Waals surface area contributed by atoms with Crippen LogP contribution < -0.4 is 10.2 Å². The molecule has 0 aliphatic rings. The van der Waals surface area contributed by atoms with E-state index in [0.717, 1.165) is 17.0 Å². The van der Waals surface area contributed by atoms with Crippen LogP contribution >= 0.6 is 11.8 Å². The van der Waals surface area contributed by atoms with E-state index in [1.165, 1.54) is 18.0 Å². The van der Waals surface area contributed by atoms with E-state index in [-0.39, 0.29) is 17.4 Å². The molecule has 8 nitrogen and oxygen atoms in total. The average molecular weight is 460 g/mol. The lowest BCUT2D eigenvalue weighted by Gasteiger charge is -2.11. The van der Waals surface area contributed by atoms with Gasteiger partial charge in [-0.3, -0.25) is 9.36 Å². The fraction of sp³-hybridized carbons (Fsp3) is 0.0833.